The number of hydrogen-bond donors (Lipinski definition) is 1. The quantitative estimate of drug-likeness (QED) is 0.895. The fraction of sp³-hybridized carbons (Fsp3) is 0.294. The zero-order valence-corrected chi connectivity index (χ0v) is 12.4. The lowest BCUT2D eigenvalue weighted by Gasteiger charge is -2.16. The topological polar surface area (TPSA) is 38.7 Å². The van der Waals surface area contributed by atoms with Crippen LogP contribution >= 0.6 is 0 Å². The van der Waals surface area contributed by atoms with Crippen molar-refractivity contribution in [1.29, 1.82) is 0 Å². The van der Waals surface area contributed by atoms with Crippen molar-refractivity contribution < 1.29 is 19.0 Å². The van der Waals surface area contributed by atoms with E-state index >= 15 is 0 Å². The Kier molecular flexibility index (Phi) is 4.81. The summed E-state index contributed by atoms with van der Waals surface area (Å²) in [6.45, 7) is 3.61. The van der Waals surface area contributed by atoms with Crippen LogP contribution in [-0.4, -0.2) is 12.2 Å². The molecule has 0 radical (unpaired) electrons. The molecule has 0 aliphatic carbocycles. The number of aryl methyl sites for hydroxylation is 1. The lowest BCUT2D eigenvalue weighted by molar-refractivity contribution is 0.194. The van der Waals surface area contributed by atoms with Gasteiger partial charge in [0.1, 0.15) is 0 Å². The molecule has 0 bridgehead atoms. The van der Waals surface area contributed by atoms with Crippen molar-refractivity contribution in [2.45, 2.75) is 26.4 Å². The monoisotopic (exact) mass is 290 g/mol. The Morgan fingerprint density at radius 2 is 1.95 bits per heavy atom. The van der Waals surface area contributed by atoms with E-state index in [4.69, 9.17) is 9.47 Å². The molecule has 0 saturated carbocycles. The maximum absolute atomic E-state index is 14.0. The van der Waals surface area contributed by atoms with E-state index in [0.717, 1.165) is 12.0 Å². The molecule has 0 spiro atoms. The number of rotatable bonds is 5. The average molecular weight is 290 g/mol. The minimum atomic E-state index is -0.823. The molecule has 3 nitrogen and oxygen atoms in total. The molecular formula is C17H19FO3. The van der Waals surface area contributed by atoms with Gasteiger partial charge in [-0.3, -0.25) is 0 Å². The van der Waals surface area contributed by atoms with Gasteiger partial charge in [0.2, 0.25) is 0 Å². The maximum atomic E-state index is 14.0. The van der Waals surface area contributed by atoms with Crippen LogP contribution in [-0.2, 0) is 6.42 Å². The van der Waals surface area contributed by atoms with Crippen molar-refractivity contribution in [3.05, 3.63) is 53.3 Å². The van der Waals surface area contributed by atoms with E-state index in [0.29, 0.717) is 17.1 Å². The third kappa shape index (κ3) is 3.34. The molecule has 0 unspecified atom stereocenters. The van der Waals surface area contributed by atoms with Crippen LogP contribution < -0.4 is 9.47 Å². The van der Waals surface area contributed by atoms with Crippen LogP contribution in [0.3, 0.4) is 0 Å². The standard InChI is InChI=1S/C17H19FO3/c1-4-12-8-9-15(16(10-12)20-3)21-17-13(11(2)19)6-5-7-14(17)18/h5-11,19H,4H2,1-3H3/t11-/m0/s1. The van der Waals surface area contributed by atoms with Gasteiger partial charge in [-0.1, -0.05) is 25.1 Å². The molecule has 0 amide bonds. The van der Waals surface area contributed by atoms with Crippen LogP contribution in [0, 0.1) is 5.82 Å². The van der Waals surface area contributed by atoms with E-state index in [1.54, 1.807) is 32.2 Å². The first-order valence-corrected chi connectivity index (χ1v) is 6.88. The van der Waals surface area contributed by atoms with Crippen LogP contribution in [0.2, 0.25) is 0 Å². The second-order valence-corrected chi connectivity index (χ2v) is 4.77. The van der Waals surface area contributed by atoms with Gasteiger partial charge < -0.3 is 14.6 Å². The molecule has 112 valence electrons. The zero-order valence-electron chi connectivity index (χ0n) is 12.4. The van der Waals surface area contributed by atoms with Crippen LogP contribution in [0.15, 0.2) is 36.4 Å². The van der Waals surface area contributed by atoms with Crippen LogP contribution in [0.4, 0.5) is 4.39 Å². The number of hydrogen-bond acceptors (Lipinski definition) is 3. The first-order valence-electron chi connectivity index (χ1n) is 6.88. The van der Waals surface area contributed by atoms with Gasteiger partial charge in [0.05, 0.1) is 13.2 Å². The Hall–Kier alpha value is -2.07. The fourth-order valence-corrected chi connectivity index (χ4v) is 2.09. The highest BCUT2D eigenvalue weighted by Gasteiger charge is 2.16. The van der Waals surface area contributed by atoms with Gasteiger partial charge in [-0.2, -0.15) is 0 Å². The first kappa shape index (κ1) is 15.3. The second-order valence-electron chi connectivity index (χ2n) is 4.77. The van der Waals surface area contributed by atoms with Gasteiger partial charge in [-0.25, -0.2) is 4.39 Å². The summed E-state index contributed by atoms with van der Waals surface area (Å²) < 4.78 is 25.0. The molecule has 4 heteroatoms. The average Bonchev–Trinajstić information content (AvgIpc) is 2.49. The summed E-state index contributed by atoms with van der Waals surface area (Å²) >= 11 is 0. The largest absolute Gasteiger partial charge is 0.493 e. The molecule has 0 aliphatic heterocycles. The van der Waals surface area contributed by atoms with E-state index in [1.807, 2.05) is 19.1 Å². The van der Waals surface area contributed by atoms with Crippen molar-refractivity contribution >= 4 is 0 Å². The zero-order chi connectivity index (χ0) is 15.4. The molecule has 0 aliphatic rings. The molecule has 0 saturated heterocycles. The second kappa shape index (κ2) is 6.59. The summed E-state index contributed by atoms with van der Waals surface area (Å²) in [6.07, 6.45) is 0.0477. The van der Waals surface area contributed by atoms with E-state index in [2.05, 4.69) is 0 Å². The summed E-state index contributed by atoms with van der Waals surface area (Å²) in [5.74, 6) is 0.459. The van der Waals surface area contributed by atoms with Crippen molar-refractivity contribution in [2.75, 3.05) is 7.11 Å². The van der Waals surface area contributed by atoms with Gasteiger partial charge in [0.25, 0.3) is 0 Å². The van der Waals surface area contributed by atoms with Crippen molar-refractivity contribution in [1.82, 2.24) is 0 Å². The molecule has 0 heterocycles. The van der Waals surface area contributed by atoms with Crippen LogP contribution in [0.25, 0.3) is 0 Å². The van der Waals surface area contributed by atoms with E-state index in [9.17, 15) is 9.50 Å². The van der Waals surface area contributed by atoms with Gasteiger partial charge in [0.15, 0.2) is 23.1 Å². The summed E-state index contributed by atoms with van der Waals surface area (Å²) in [7, 11) is 1.54. The maximum Gasteiger partial charge on any atom is 0.169 e. The fourth-order valence-electron chi connectivity index (χ4n) is 2.09. The molecule has 21 heavy (non-hydrogen) atoms. The Morgan fingerprint density at radius 1 is 1.19 bits per heavy atom. The first-order chi connectivity index (χ1) is 10.1. The smallest absolute Gasteiger partial charge is 0.169 e. The normalized spacial score (nSPS) is 12.0. The van der Waals surface area contributed by atoms with Crippen molar-refractivity contribution in [3.8, 4) is 17.2 Å². The molecule has 0 aromatic heterocycles. The molecule has 2 rings (SSSR count). The molecule has 1 atom stereocenters. The molecule has 0 fully saturated rings. The molecular weight excluding hydrogens is 271 g/mol. The number of aliphatic hydroxyl groups is 1. The Morgan fingerprint density at radius 3 is 2.57 bits per heavy atom. The van der Waals surface area contributed by atoms with Crippen LogP contribution in [0.1, 0.15) is 31.1 Å². The molecule has 2 aromatic carbocycles. The minimum Gasteiger partial charge on any atom is -0.493 e. The molecule has 1 N–H and O–H groups in total. The minimum absolute atomic E-state index is 0.0232. The number of para-hydroxylation sites is 1. The number of ether oxygens (including phenoxy) is 2. The Bertz CT molecular complexity index is 623. The highest BCUT2D eigenvalue weighted by atomic mass is 19.1. The summed E-state index contributed by atoms with van der Waals surface area (Å²) in [5, 5.41) is 9.74. The van der Waals surface area contributed by atoms with Gasteiger partial charge in [-0.15, -0.1) is 0 Å². The van der Waals surface area contributed by atoms with Gasteiger partial charge in [-0.05, 0) is 37.1 Å². The summed E-state index contributed by atoms with van der Waals surface area (Å²) in [4.78, 5) is 0. The molecule has 2 aromatic rings. The number of aliphatic hydroxyl groups excluding tert-OH is 1. The Labute approximate surface area is 124 Å². The summed E-state index contributed by atoms with van der Waals surface area (Å²) in [5.41, 5.74) is 1.50. The van der Waals surface area contributed by atoms with Crippen LogP contribution in [0.5, 0.6) is 17.2 Å². The number of methoxy groups -OCH3 is 1. The number of benzene rings is 2. The van der Waals surface area contributed by atoms with Crippen molar-refractivity contribution in [2.24, 2.45) is 0 Å². The highest BCUT2D eigenvalue weighted by Crippen LogP contribution is 2.37. The van der Waals surface area contributed by atoms with Crippen molar-refractivity contribution in [3.63, 3.8) is 0 Å². The third-order valence-electron chi connectivity index (χ3n) is 3.30. The Balaban J connectivity index is 2.43. The SMILES string of the molecule is CCc1ccc(Oc2c(F)cccc2[C@H](C)O)c(OC)c1. The third-order valence-corrected chi connectivity index (χ3v) is 3.30. The lowest BCUT2D eigenvalue weighted by atomic mass is 10.1. The van der Waals surface area contributed by atoms with E-state index in [-0.39, 0.29) is 5.75 Å². The lowest BCUT2D eigenvalue weighted by Crippen LogP contribution is -2.00. The van der Waals surface area contributed by atoms with E-state index in [1.165, 1.54) is 6.07 Å². The van der Waals surface area contributed by atoms with Gasteiger partial charge >= 0.3 is 0 Å². The predicted molar refractivity (Wildman–Crippen MR) is 79.5 cm³/mol. The highest BCUT2D eigenvalue weighted by molar-refractivity contribution is 5.47. The predicted octanol–water partition coefficient (Wildman–Crippen LogP) is 4.24. The number of halogens is 1. The van der Waals surface area contributed by atoms with Gasteiger partial charge in [0, 0.05) is 5.56 Å². The summed E-state index contributed by atoms with van der Waals surface area (Å²) in [6, 6.07) is 9.99. The van der Waals surface area contributed by atoms with E-state index < -0.39 is 11.9 Å².